The number of rotatable bonds is 29. The molecule has 8 amide bonds. The molecule has 23 heteroatoms. The van der Waals surface area contributed by atoms with Crippen LogP contribution in [0.5, 0.6) is 0 Å². The van der Waals surface area contributed by atoms with Crippen LogP contribution in [0.2, 0.25) is 0 Å². The summed E-state index contributed by atoms with van der Waals surface area (Å²) in [6.07, 6.45) is -0.449. The Labute approximate surface area is 392 Å². The van der Waals surface area contributed by atoms with Gasteiger partial charge in [-0.15, -0.1) is 0 Å². The fraction of sp³-hybridized carbons (Fsp3) is 0.750. The highest BCUT2D eigenvalue weighted by atomic mass is 16.4. The number of carboxylic acid groups (broad SMARTS) is 3. The molecule has 1 rings (SSSR count). The minimum atomic E-state index is -1.68. The minimum Gasteiger partial charge on any atom is -0.481 e. The van der Waals surface area contributed by atoms with Crippen LogP contribution in [0.1, 0.15) is 127 Å². The maximum Gasteiger partial charge on any atom is 0.325 e. The summed E-state index contributed by atoms with van der Waals surface area (Å²) in [7, 11) is 0. The molecule has 12 N–H and O–H groups in total. The number of hydrogen-bond donors (Lipinski definition) is 11. The molecule has 0 aromatic carbocycles. The summed E-state index contributed by atoms with van der Waals surface area (Å²) in [6, 6.07) is -11.6. The molecular formula is C44H75N9O14. The molecule has 0 unspecified atom stereocenters. The number of nitrogens with two attached hydrogens (primary N) is 1. The van der Waals surface area contributed by atoms with Crippen molar-refractivity contribution in [2.45, 2.75) is 181 Å². The Morgan fingerprint density at radius 3 is 1.54 bits per heavy atom. The highest BCUT2D eigenvalue weighted by Gasteiger charge is 2.42. The third-order valence-corrected chi connectivity index (χ3v) is 11.1. The summed E-state index contributed by atoms with van der Waals surface area (Å²) in [4.78, 5) is 144. The fourth-order valence-corrected chi connectivity index (χ4v) is 7.23. The van der Waals surface area contributed by atoms with Gasteiger partial charge in [-0.05, 0) is 76.0 Å². The van der Waals surface area contributed by atoms with Crippen molar-refractivity contribution in [3.63, 3.8) is 0 Å². The fourth-order valence-electron chi connectivity index (χ4n) is 7.23. The Morgan fingerprint density at radius 1 is 0.567 bits per heavy atom. The Balaban J connectivity index is 3.33. The van der Waals surface area contributed by atoms with Gasteiger partial charge in [0, 0.05) is 13.0 Å². The molecule has 1 aliphatic heterocycles. The van der Waals surface area contributed by atoms with E-state index in [0.717, 1.165) is 6.92 Å². The number of hydrogen-bond acceptors (Lipinski definition) is 12. The normalized spacial score (nSPS) is 17.6. The molecular weight excluding hydrogens is 879 g/mol. The van der Waals surface area contributed by atoms with Gasteiger partial charge in [-0.25, -0.2) is 0 Å². The molecule has 0 aliphatic carbocycles. The first-order valence-electron chi connectivity index (χ1n) is 22.9. The zero-order valence-electron chi connectivity index (χ0n) is 40.4. The molecule has 0 spiro atoms. The first kappa shape index (κ1) is 59.1. The van der Waals surface area contributed by atoms with Crippen LogP contribution in [-0.4, -0.2) is 146 Å². The number of aliphatic carboxylic acids is 3. The summed E-state index contributed by atoms with van der Waals surface area (Å²) in [5, 5.41) is 45.5. The first-order chi connectivity index (χ1) is 31.1. The van der Waals surface area contributed by atoms with Gasteiger partial charge in [0.15, 0.2) is 0 Å². The maximum atomic E-state index is 14.3. The van der Waals surface area contributed by atoms with E-state index in [1.165, 1.54) is 11.8 Å². The summed E-state index contributed by atoms with van der Waals surface area (Å²) in [6.45, 7) is 17.0. The second kappa shape index (κ2) is 28.3. The average Bonchev–Trinajstić information content (AvgIpc) is 3.72. The number of nitrogens with zero attached hydrogens (tertiary/aromatic N) is 1. The van der Waals surface area contributed by atoms with E-state index in [1.54, 1.807) is 27.7 Å². The molecule has 10 atom stereocenters. The molecule has 1 fully saturated rings. The number of amides is 8. The van der Waals surface area contributed by atoms with E-state index in [4.69, 9.17) is 5.73 Å². The van der Waals surface area contributed by atoms with Gasteiger partial charge in [0.2, 0.25) is 47.3 Å². The Bertz CT molecular complexity index is 1780. The Morgan fingerprint density at radius 2 is 1.04 bits per heavy atom. The van der Waals surface area contributed by atoms with Crippen LogP contribution < -0.4 is 43.0 Å². The van der Waals surface area contributed by atoms with E-state index in [-0.39, 0.29) is 43.6 Å². The third-order valence-electron chi connectivity index (χ3n) is 11.1. The van der Waals surface area contributed by atoms with Crippen LogP contribution in [0.3, 0.4) is 0 Å². The first-order valence-corrected chi connectivity index (χ1v) is 22.9. The molecule has 0 bridgehead atoms. The smallest absolute Gasteiger partial charge is 0.325 e. The minimum absolute atomic E-state index is 0.0249. The highest BCUT2D eigenvalue weighted by Crippen LogP contribution is 2.22. The van der Waals surface area contributed by atoms with Crippen LogP contribution in [-0.2, 0) is 52.7 Å². The standard InChI is InChI=1S/C44H75N9O14/c1-11-24(8)35(43(65)53-16-12-13-32(53)42(64)51-31(20-34(56)57)40(62)47-26(10)44(66)67)52-41(63)30(19-23(6)7)50-38(60)28(14-15-33(54)55)48-36(58)25(9)46-39(61)29(18-22(4)5)49-37(59)27(45)17-21(2)3/h21-32,35H,11-20,45H2,1-10H3,(H,46,61)(H,47,62)(H,48,58)(H,49,59)(H,50,60)(H,51,64)(H,52,63)(H,54,55)(H,56,57)(H,66,67)/t24-,25-,26-,27-,28-,29-,30-,31-,32-,35-/m0/s1. The molecule has 0 saturated carbocycles. The topological polar surface area (TPSA) is 362 Å². The van der Waals surface area contributed by atoms with Crippen LogP contribution in [0.15, 0.2) is 0 Å². The molecule has 67 heavy (non-hydrogen) atoms. The molecule has 0 aromatic heterocycles. The van der Waals surface area contributed by atoms with Crippen molar-refractivity contribution >= 4 is 65.2 Å². The predicted molar refractivity (Wildman–Crippen MR) is 242 cm³/mol. The lowest BCUT2D eigenvalue weighted by Crippen LogP contribution is -2.61. The highest BCUT2D eigenvalue weighted by molar-refractivity contribution is 5.98. The van der Waals surface area contributed by atoms with Gasteiger partial charge in [0.25, 0.3) is 0 Å². The number of carbonyl (C=O) groups is 11. The van der Waals surface area contributed by atoms with E-state index in [0.29, 0.717) is 19.3 Å². The maximum absolute atomic E-state index is 14.3. The second-order valence-corrected chi connectivity index (χ2v) is 18.6. The molecule has 0 radical (unpaired) electrons. The van der Waals surface area contributed by atoms with E-state index in [2.05, 4.69) is 37.2 Å². The summed E-state index contributed by atoms with van der Waals surface area (Å²) in [5.41, 5.74) is 6.03. The van der Waals surface area contributed by atoms with Gasteiger partial charge in [-0.3, -0.25) is 52.7 Å². The van der Waals surface area contributed by atoms with Gasteiger partial charge in [0.05, 0.1) is 12.5 Å². The molecule has 1 saturated heterocycles. The molecule has 1 heterocycles. The summed E-state index contributed by atoms with van der Waals surface area (Å²) >= 11 is 0. The van der Waals surface area contributed by atoms with Crippen molar-refractivity contribution in [3.05, 3.63) is 0 Å². The summed E-state index contributed by atoms with van der Waals surface area (Å²) < 4.78 is 0. The van der Waals surface area contributed by atoms with E-state index < -0.39 is 145 Å². The van der Waals surface area contributed by atoms with E-state index >= 15 is 0 Å². The number of likely N-dealkylation sites (tertiary alicyclic amines) is 1. The van der Waals surface area contributed by atoms with Crippen LogP contribution >= 0.6 is 0 Å². The van der Waals surface area contributed by atoms with Crippen molar-refractivity contribution in [3.8, 4) is 0 Å². The van der Waals surface area contributed by atoms with Gasteiger partial charge in [-0.2, -0.15) is 0 Å². The van der Waals surface area contributed by atoms with Crippen molar-refractivity contribution < 1.29 is 68.1 Å². The lowest BCUT2D eigenvalue weighted by Gasteiger charge is -2.33. The second-order valence-electron chi connectivity index (χ2n) is 18.6. The molecule has 23 nitrogen and oxygen atoms in total. The molecule has 1 aliphatic rings. The summed E-state index contributed by atoms with van der Waals surface area (Å²) in [5.74, 6) is -11.3. The largest absolute Gasteiger partial charge is 0.481 e. The van der Waals surface area contributed by atoms with Crippen molar-refractivity contribution in [1.29, 1.82) is 0 Å². The van der Waals surface area contributed by atoms with Gasteiger partial charge in [0.1, 0.15) is 48.3 Å². The quantitative estimate of drug-likeness (QED) is 0.0444. The molecule has 380 valence electrons. The van der Waals surface area contributed by atoms with Crippen LogP contribution in [0, 0.1) is 23.7 Å². The monoisotopic (exact) mass is 954 g/mol. The Hall–Kier alpha value is -5.87. The number of carbonyl (C=O) groups excluding carboxylic acids is 8. The molecule has 0 aromatic rings. The van der Waals surface area contributed by atoms with Gasteiger partial charge in [-0.1, -0.05) is 61.8 Å². The van der Waals surface area contributed by atoms with Crippen molar-refractivity contribution in [2.24, 2.45) is 29.4 Å². The van der Waals surface area contributed by atoms with Gasteiger partial charge < -0.3 is 63.2 Å². The number of carboxylic acids is 3. The van der Waals surface area contributed by atoms with Crippen molar-refractivity contribution in [1.82, 2.24) is 42.1 Å². The van der Waals surface area contributed by atoms with Gasteiger partial charge >= 0.3 is 17.9 Å². The third kappa shape index (κ3) is 20.7. The van der Waals surface area contributed by atoms with Crippen LogP contribution in [0.4, 0.5) is 0 Å². The predicted octanol–water partition coefficient (Wildman–Crippen LogP) is -0.653. The Kier molecular flexibility index (Phi) is 25.0. The van der Waals surface area contributed by atoms with Crippen molar-refractivity contribution in [2.75, 3.05) is 6.54 Å². The lowest BCUT2D eigenvalue weighted by atomic mass is 9.95. The average molecular weight is 954 g/mol. The lowest BCUT2D eigenvalue weighted by molar-refractivity contribution is -0.145. The zero-order valence-corrected chi connectivity index (χ0v) is 40.4. The van der Waals surface area contributed by atoms with E-state index in [1.807, 2.05) is 27.7 Å². The SMILES string of the molecule is CC[C@H](C)[C@H](NC(=O)[C@H](CC(C)C)NC(=O)[C@H](CCC(=O)O)NC(=O)[C@H](C)NC(=O)[C@H](CC(C)C)NC(=O)[C@@H](N)CC(C)C)C(=O)N1CCC[C@H]1C(=O)N[C@@H](CC(=O)O)C(=O)N[C@@H](C)C(=O)O. The zero-order chi connectivity index (χ0) is 51.5. The van der Waals surface area contributed by atoms with E-state index in [9.17, 15) is 68.1 Å². The number of nitrogens with one attached hydrogen (secondary N) is 7. The van der Waals surface area contributed by atoms with Crippen LogP contribution in [0.25, 0.3) is 0 Å².